The molecule has 1 heterocycles. The number of amides is 2. The van der Waals surface area contributed by atoms with Crippen LogP contribution < -0.4 is 10.1 Å². The summed E-state index contributed by atoms with van der Waals surface area (Å²) in [4.78, 5) is 26.7. The Morgan fingerprint density at radius 2 is 1.86 bits per heavy atom. The van der Waals surface area contributed by atoms with E-state index >= 15 is 0 Å². The molecule has 0 radical (unpaired) electrons. The van der Waals surface area contributed by atoms with Gasteiger partial charge in [0.2, 0.25) is 5.91 Å². The van der Waals surface area contributed by atoms with Crippen molar-refractivity contribution in [1.82, 2.24) is 10.2 Å². The molecular weight excluding hydrogens is 376 g/mol. The molecule has 0 aromatic heterocycles. The van der Waals surface area contributed by atoms with Gasteiger partial charge in [-0.25, -0.2) is 0 Å². The lowest BCUT2D eigenvalue weighted by Crippen LogP contribution is -2.48. The molecule has 1 atom stereocenters. The van der Waals surface area contributed by atoms with Crippen LogP contribution in [0.25, 0.3) is 0 Å². The van der Waals surface area contributed by atoms with E-state index in [0.29, 0.717) is 36.8 Å². The first-order valence-electron chi connectivity index (χ1n) is 9.38. The molecule has 3 rings (SSSR count). The molecular formula is C22H25ClN2O3. The van der Waals surface area contributed by atoms with Crippen molar-refractivity contribution >= 4 is 23.4 Å². The highest BCUT2D eigenvalue weighted by atomic mass is 35.5. The topological polar surface area (TPSA) is 58.6 Å². The summed E-state index contributed by atoms with van der Waals surface area (Å²) in [5.74, 6) is 0.595. The van der Waals surface area contributed by atoms with E-state index in [1.54, 1.807) is 38.1 Å². The lowest BCUT2D eigenvalue weighted by molar-refractivity contribution is -0.134. The molecule has 0 spiro atoms. The molecule has 1 saturated heterocycles. The number of nitrogens with zero attached hydrogens (tertiary/aromatic N) is 1. The molecule has 1 aliphatic rings. The number of carbonyl (C=O) groups excluding carboxylic acids is 2. The van der Waals surface area contributed by atoms with Gasteiger partial charge in [0.05, 0.1) is 0 Å². The molecule has 1 unspecified atom stereocenters. The number of nitrogens with one attached hydrogen (secondary N) is 1. The molecule has 6 heteroatoms. The van der Waals surface area contributed by atoms with Gasteiger partial charge in [0.25, 0.3) is 5.91 Å². The minimum atomic E-state index is -1.03. The third-order valence-corrected chi connectivity index (χ3v) is 5.05. The van der Waals surface area contributed by atoms with Crippen LogP contribution in [0.5, 0.6) is 5.75 Å². The summed E-state index contributed by atoms with van der Waals surface area (Å²) >= 11 is 5.88. The van der Waals surface area contributed by atoms with Crippen molar-refractivity contribution in [2.75, 3.05) is 13.1 Å². The SMILES string of the molecule is CC(C)(Oc1ccc(Cl)cc1)C(=O)NCC1CC(=O)N(Cc2ccccc2)C1. The van der Waals surface area contributed by atoms with Crippen molar-refractivity contribution in [3.8, 4) is 5.75 Å². The largest absolute Gasteiger partial charge is 0.478 e. The predicted octanol–water partition coefficient (Wildman–Crippen LogP) is 3.66. The smallest absolute Gasteiger partial charge is 0.263 e. The Balaban J connectivity index is 1.50. The van der Waals surface area contributed by atoms with Crippen molar-refractivity contribution < 1.29 is 14.3 Å². The molecule has 1 N–H and O–H groups in total. The van der Waals surface area contributed by atoms with E-state index in [2.05, 4.69) is 5.32 Å². The van der Waals surface area contributed by atoms with Gasteiger partial charge in [-0.1, -0.05) is 41.9 Å². The maximum atomic E-state index is 12.6. The Morgan fingerprint density at radius 1 is 1.18 bits per heavy atom. The summed E-state index contributed by atoms with van der Waals surface area (Å²) in [6.45, 7) is 5.14. The maximum absolute atomic E-state index is 12.6. The predicted molar refractivity (Wildman–Crippen MR) is 109 cm³/mol. The molecule has 2 aromatic rings. The van der Waals surface area contributed by atoms with Crippen molar-refractivity contribution in [1.29, 1.82) is 0 Å². The highest BCUT2D eigenvalue weighted by Gasteiger charge is 2.33. The van der Waals surface area contributed by atoms with Crippen molar-refractivity contribution in [3.05, 3.63) is 65.2 Å². The zero-order valence-corrected chi connectivity index (χ0v) is 16.9. The maximum Gasteiger partial charge on any atom is 0.263 e. The minimum absolute atomic E-state index is 0.103. The number of benzene rings is 2. The summed E-state index contributed by atoms with van der Waals surface area (Å²) in [5, 5.41) is 3.54. The summed E-state index contributed by atoms with van der Waals surface area (Å²) in [6, 6.07) is 16.8. The van der Waals surface area contributed by atoms with Crippen molar-refractivity contribution in [2.45, 2.75) is 32.4 Å². The lowest BCUT2D eigenvalue weighted by Gasteiger charge is -2.26. The van der Waals surface area contributed by atoms with Crippen LogP contribution in [0.3, 0.4) is 0 Å². The van der Waals surface area contributed by atoms with E-state index < -0.39 is 5.60 Å². The summed E-state index contributed by atoms with van der Waals surface area (Å²) in [6.07, 6.45) is 0.450. The van der Waals surface area contributed by atoms with Gasteiger partial charge in [0.15, 0.2) is 5.60 Å². The fourth-order valence-corrected chi connectivity index (χ4v) is 3.37. The van der Waals surface area contributed by atoms with Crippen LogP contribution in [0.4, 0.5) is 0 Å². The van der Waals surface area contributed by atoms with Crippen LogP contribution in [0.1, 0.15) is 25.8 Å². The van der Waals surface area contributed by atoms with Crippen LogP contribution in [-0.2, 0) is 16.1 Å². The number of halogens is 1. The number of ether oxygens (including phenoxy) is 1. The van der Waals surface area contributed by atoms with E-state index in [9.17, 15) is 9.59 Å². The normalized spacial score (nSPS) is 16.9. The number of carbonyl (C=O) groups is 2. The first-order chi connectivity index (χ1) is 13.3. The second-order valence-corrected chi connectivity index (χ2v) is 8.04. The molecule has 2 amide bonds. The Labute approximate surface area is 170 Å². The van der Waals surface area contributed by atoms with Gasteiger partial charge in [-0.3, -0.25) is 9.59 Å². The Hall–Kier alpha value is -2.53. The average molecular weight is 401 g/mol. The second kappa shape index (κ2) is 8.65. The Morgan fingerprint density at radius 3 is 2.54 bits per heavy atom. The molecule has 28 heavy (non-hydrogen) atoms. The van der Waals surface area contributed by atoms with Crippen LogP contribution in [0.2, 0.25) is 5.02 Å². The Kier molecular flexibility index (Phi) is 6.25. The van der Waals surface area contributed by atoms with Gasteiger partial charge in [0.1, 0.15) is 5.75 Å². The van der Waals surface area contributed by atoms with Gasteiger partial charge in [0, 0.05) is 37.0 Å². The monoisotopic (exact) mass is 400 g/mol. The van der Waals surface area contributed by atoms with Crippen molar-refractivity contribution in [3.63, 3.8) is 0 Å². The highest BCUT2D eigenvalue weighted by molar-refractivity contribution is 6.30. The first kappa shape index (κ1) is 20.2. The second-order valence-electron chi connectivity index (χ2n) is 7.61. The molecule has 148 valence electrons. The van der Waals surface area contributed by atoms with Gasteiger partial charge in [-0.2, -0.15) is 0 Å². The molecule has 0 saturated carbocycles. The van der Waals surface area contributed by atoms with E-state index in [-0.39, 0.29) is 17.7 Å². The minimum Gasteiger partial charge on any atom is -0.478 e. The number of likely N-dealkylation sites (tertiary alicyclic amines) is 1. The van der Waals surface area contributed by atoms with Gasteiger partial charge in [-0.15, -0.1) is 0 Å². The standard InChI is InChI=1S/C22H25ClN2O3/c1-22(2,28-19-10-8-18(23)9-11-19)21(27)24-13-17-12-20(26)25(15-17)14-16-6-4-3-5-7-16/h3-11,17H,12-15H2,1-2H3,(H,24,27). The summed E-state index contributed by atoms with van der Waals surface area (Å²) in [7, 11) is 0. The quantitative estimate of drug-likeness (QED) is 0.771. The molecule has 5 nitrogen and oxygen atoms in total. The van der Waals surface area contributed by atoms with Gasteiger partial charge >= 0.3 is 0 Å². The third-order valence-electron chi connectivity index (χ3n) is 4.80. The van der Waals surface area contributed by atoms with Crippen molar-refractivity contribution in [2.24, 2.45) is 5.92 Å². The lowest BCUT2D eigenvalue weighted by atomic mass is 10.1. The third kappa shape index (κ3) is 5.26. The van der Waals surface area contributed by atoms with Crippen LogP contribution in [0, 0.1) is 5.92 Å². The van der Waals surface area contributed by atoms with E-state index in [0.717, 1.165) is 5.56 Å². The number of hydrogen-bond donors (Lipinski definition) is 1. The van der Waals surface area contributed by atoms with E-state index in [1.807, 2.05) is 35.2 Å². The fraction of sp³-hybridized carbons (Fsp3) is 0.364. The number of hydrogen-bond acceptors (Lipinski definition) is 3. The molecule has 2 aromatic carbocycles. The molecule has 1 aliphatic heterocycles. The summed E-state index contributed by atoms with van der Waals surface area (Å²) in [5.41, 5.74) is 0.0817. The van der Waals surface area contributed by atoms with Crippen LogP contribution in [0.15, 0.2) is 54.6 Å². The van der Waals surface area contributed by atoms with Gasteiger partial charge in [-0.05, 0) is 43.7 Å². The van der Waals surface area contributed by atoms with E-state index in [4.69, 9.17) is 16.3 Å². The van der Waals surface area contributed by atoms with Gasteiger partial charge < -0.3 is 15.0 Å². The summed E-state index contributed by atoms with van der Waals surface area (Å²) < 4.78 is 5.81. The highest BCUT2D eigenvalue weighted by Crippen LogP contribution is 2.22. The first-order valence-corrected chi connectivity index (χ1v) is 9.76. The molecule has 0 aliphatic carbocycles. The zero-order valence-electron chi connectivity index (χ0n) is 16.2. The molecule has 1 fully saturated rings. The number of rotatable bonds is 7. The zero-order chi connectivity index (χ0) is 20.1. The van der Waals surface area contributed by atoms with Crippen LogP contribution in [-0.4, -0.2) is 35.4 Å². The van der Waals surface area contributed by atoms with Crippen LogP contribution >= 0.6 is 11.6 Å². The fourth-order valence-electron chi connectivity index (χ4n) is 3.24. The van der Waals surface area contributed by atoms with E-state index in [1.165, 1.54) is 0 Å². The average Bonchev–Trinajstić information content (AvgIpc) is 3.01. The molecule has 0 bridgehead atoms. The Bertz CT molecular complexity index is 821.